The zero-order valence-corrected chi connectivity index (χ0v) is 4.74. The van der Waals surface area contributed by atoms with Gasteiger partial charge in [0.25, 0.3) is 0 Å². The Morgan fingerprint density at radius 1 is 1.00 bits per heavy atom. The summed E-state index contributed by atoms with van der Waals surface area (Å²) >= 11 is 0. The van der Waals surface area contributed by atoms with Gasteiger partial charge in [-0.25, -0.2) is 0 Å². The van der Waals surface area contributed by atoms with E-state index < -0.39 is 0 Å². The maximum absolute atomic E-state index is 0. The molecule has 0 heterocycles. The minimum atomic E-state index is 0. The van der Waals surface area contributed by atoms with Gasteiger partial charge in [-0.2, -0.15) is 0 Å². The summed E-state index contributed by atoms with van der Waals surface area (Å²) < 4.78 is 0. The van der Waals surface area contributed by atoms with E-state index in [1.807, 2.05) is 0 Å². The summed E-state index contributed by atoms with van der Waals surface area (Å²) in [5.41, 5.74) is 0. The van der Waals surface area contributed by atoms with Gasteiger partial charge in [-0.3, -0.25) is 0 Å². The molecular weight excluding hydrogens is 231 g/mol. The van der Waals surface area contributed by atoms with Crippen LogP contribution in [0.15, 0.2) is 0 Å². The number of hydrogen-bond donors (Lipinski definition) is 0. The SMILES string of the molecule is C.[GeH4].[SiH4].[SnH2]. The fraction of sp³-hybridized carbons (Fsp3) is 1.00. The van der Waals surface area contributed by atoms with Crippen LogP contribution in [0, 0.1) is 0 Å². The van der Waals surface area contributed by atoms with Crippen molar-refractivity contribution in [3.8, 4) is 0 Å². The first-order valence-corrected chi connectivity index (χ1v) is 0. The van der Waals surface area contributed by atoms with Crippen LogP contribution in [0.4, 0.5) is 0 Å². The minimum absolute atomic E-state index is 0. The molecule has 4 heavy (non-hydrogen) atoms. The van der Waals surface area contributed by atoms with Crippen LogP contribution < -0.4 is 0 Å². The number of hydrogen-bond acceptors (Lipinski definition) is 0. The summed E-state index contributed by atoms with van der Waals surface area (Å²) in [5.74, 6) is 0. The average molecular weight is 246 g/mol. The molecule has 0 aliphatic rings. The van der Waals surface area contributed by atoms with E-state index in [1.54, 1.807) is 0 Å². The van der Waals surface area contributed by atoms with Gasteiger partial charge in [0.15, 0.2) is 0 Å². The molecule has 3 heteroatoms. The molecule has 2 radical (unpaired) electrons. The third-order valence-electron chi connectivity index (χ3n) is 0. The molecular formula is CH14GeSiSn. The van der Waals surface area contributed by atoms with Crippen molar-refractivity contribution in [2.75, 3.05) is 0 Å². The second-order valence-corrected chi connectivity index (χ2v) is 0. The van der Waals surface area contributed by atoms with Crippen molar-refractivity contribution in [1.29, 1.82) is 0 Å². The standard InChI is InChI=1S/CH4.GeH4.H4Si.Sn.2H/h3*1H4;;;. The van der Waals surface area contributed by atoms with Crippen LogP contribution in [0.5, 0.6) is 0 Å². The molecule has 0 saturated carbocycles. The van der Waals surface area contributed by atoms with Gasteiger partial charge in [0, 0.05) is 0 Å². The van der Waals surface area contributed by atoms with Crippen LogP contribution in [0.2, 0.25) is 0 Å². The van der Waals surface area contributed by atoms with E-state index in [0.717, 1.165) is 0 Å². The monoisotopic (exact) mass is 248 g/mol. The molecule has 0 unspecified atom stereocenters. The fourth-order valence-electron chi connectivity index (χ4n) is 0. The zero-order valence-electron chi connectivity index (χ0n) is 0.707. The molecule has 0 nitrogen and oxygen atoms in total. The van der Waals surface area contributed by atoms with Crippen molar-refractivity contribution >= 4 is 52.5 Å². The van der Waals surface area contributed by atoms with Gasteiger partial charge in [-0.05, 0) is 11.0 Å². The van der Waals surface area contributed by atoms with Gasteiger partial charge in [0.05, 0.1) is 0 Å². The number of rotatable bonds is 0. The van der Waals surface area contributed by atoms with E-state index in [4.69, 9.17) is 0 Å². The Labute approximate surface area is 59.7 Å². The van der Waals surface area contributed by atoms with E-state index in [-0.39, 0.29) is 59.9 Å². The van der Waals surface area contributed by atoms with Gasteiger partial charge in [0.1, 0.15) is 0 Å². The Morgan fingerprint density at radius 3 is 1.00 bits per heavy atom. The van der Waals surface area contributed by atoms with Gasteiger partial charge in [-0.15, -0.1) is 0 Å². The molecule has 0 rings (SSSR count). The second-order valence-electron chi connectivity index (χ2n) is 0. The quantitative estimate of drug-likeness (QED) is 0.395. The second kappa shape index (κ2) is 23.8. The molecule has 0 aromatic rings. The summed E-state index contributed by atoms with van der Waals surface area (Å²) in [7, 11) is 0. The zero-order chi connectivity index (χ0) is 0. The summed E-state index contributed by atoms with van der Waals surface area (Å²) in [6.07, 6.45) is 0. The fourth-order valence-corrected chi connectivity index (χ4v) is 0. The van der Waals surface area contributed by atoms with Crippen LogP contribution in [0.25, 0.3) is 0 Å². The van der Waals surface area contributed by atoms with E-state index >= 15 is 0 Å². The summed E-state index contributed by atoms with van der Waals surface area (Å²) in [4.78, 5) is 0. The Bertz CT molecular complexity index is 8.00. The Kier molecular flexibility index (Phi) is 283. The topological polar surface area (TPSA) is 0 Å². The third-order valence-corrected chi connectivity index (χ3v) is 0. The molecule has 0 aliphatic carbocycles. The van der Waals surface area contributed by atoms with Crippen LogP contribution in [-0.2, 0) is 0 Å². The Hall–Kier alpha value is 1.56. The van der Waals surface area contributed by atoms with Gasteiger partial charge < -0.3 is 0 Å². The van der Waals surface area contributed by atoms with Crippen molar-refractivity contribution in [2.24, 2.45) is 0 Å². The van der Waals surface area contributed by atoms with Gasteiger partial charge in [-0.1, -0.05) is 7.43 Å². The van der Waals surface area contributed by atoms with Crippen LogP contribution in [0.1, 0.15) is 7.43 Å². The molecule has 0 saturated heterocycles. The maximum atomic E-state index is 0. The molecule has 0 spiro atoms. The normalized spacial score (nSPS) is 0. The Balaban J connectivity index is 0. The first-order valence-electron chi connectivity index (χ1n) is 0. The molecule has 0 fully saturated rings. The van der Waals surface area contributed by atoms with Crippen molar-refractivity contribution in [3.63, 3.8) is 0 Å². The van der Waals surface area contributed by atoms with Crippen molar-refractivity contribution in [2.45, 2.75) is 7.43 Å². The molecule has 0 aliphatic heterocycles. The molecule has 0 atom stereocenters. The molecule has 0 N–H and O–H groups in total. The third kappa shape index (κ3) is 9.59. The average Bonchev–Trinajstić information content (AvgIpc) is 0. The van der Waals surface area contributed by atoms with Crippen LogP contribution in [-0.4, -0.2) is 52.5 Å². The summed E-state index contributed by atoms with van der Waals surface area (Å²) in [5, 5.41) is 0. The first kappa shape index (κ1) is 47.6. The van der Waals surface area contributed by atoms with Gasteiger partial charge in [0.2, 0.25) is 0 Å². The summed E-state index contributed by atoms with van der Waals surface area (Å²) in [6, 6.07) is 0. The van der Waals surface area contributed by atoms with Crippen molar-refractivity contribution in [1.82, 2.24) is 0 Å². The molecule has 0 aromatic heterocycles. The predicted octanol–water partition coefficient (Wildman–Crippen LogP) is -3.18. The van der Waals surface area contributed by atoms with E-state index in [9.17, 15) is 0 Å². The van der Waals surface area contributed by atoms with E-state index in [2.05, 4.69) is 0 Å². The predicted molar refractivity (Wildman–Crippen MR) is 37.9 cm³/mol. The van der Waals surface area contributed by atoms with Crippen LogP contribution >= 0.6 is 0 Å². The molecule has 0 aromatic carbocycles. The van der Waals surface area contributed by atoms with E-state index in [1.165, 1.54) is 0 Å². The first-order chi connectivity index (χ1) is 0. The van der Waals surface area contributed by atoms with Crippen molar-refractivity contribution < 1.29 is 0 Å². The Morgan fingerprint density at radius 2 is 1.00 bits per heavy atom. The molecule has 0 bridgehead atoms. The molecule has 0 amide bonds. The van der Waals surface area contributed by atoms with Crippen LogP contribution in [0.3, 0.4) is 0 Å². The van der Waals surface area contributed by atoms with E-state index in [0.29, 0.717) is 0 Å². The molecule has 30 valence electrons. The summed E-state index contributed by atoms with van der Waals surface area (Å²) in [6.45, 7) is 0. The van der Waals surface area contributed by atoms with Crippen molar-refractivity contribution in [3.05, 3.63) is 0 Å². The van der Waals surface area contributed by atoms with Gasteiger partial charge >= 0.3 is 41.5 Å².